The molecule has 0 aliphatic carbocycles. The normalized spacial score (nSPS) is 12.3. The first kappa shape index (κ1) is 17.6. The van der Waals surface area contributed by atoms with Gasteiger partial charge in [0.1, 0.15) is 5.75 Å². The summed E-state index contributed by atoms with van der Waals surface area (Å²) >= 11 is 6.31. The molecular weight excluding hydrogens is 384 g/mol. The van der Waals surface area contributed by atoms with E-state index in [-0.39, 0.29) is 11.8 Å². The fourth-order valence-electron chi connectivity index (χ4n) is 3.73. The number of phenols is 1. The van der Waals surface area contributed by atoms with Crippen LogP contribution in [0.3, 0.4) is 0 Å². The van der Waals surface area contributed by atoms with Crippen molar-refractivity contribution in [3.63, 3.8) is 0 Å². The highest BCUT2D eigenvalue weighted by Gasteiger charge is 2.26. The topological polar surface area (TPSA) is 51.2 Å². The van der Waals surface area contributed by atoms with Gasteiger partial charge < -0.3 is 14.1 Å². The van der Waals surface area contributed by atoms with Gasteiger partial charge >= 0.3 is 0 Å². The number of imidazole rings is 1. The van der Waals surface area contributed by atoms with E-state index in [0.29, 0.717) is 22.2 Å². The van der Waals surface area contributed by atoms with Crippen LogP contribution < -0.4 is 0 Å². The van der Waals surface area contributed by atoms with Gasteiger partial charge in [0, 0.05) is 10.6 Å². The summed E-state index contributed by atoms with van der Waals surface area (Å²) in [5.41, 5.74) is 3.48. The molecule has 5 rings (SSSR count). The van der Waals surface area contributed by atoms with Crippen molar-refractivity contribution >= 4 is 22.6 Å². The van der Waals surface area contributed by atoms with E-state index in [2.05, 4.69) is 4.57 Å². The molecule has 1 N–H and O–H groups in total. The number of nitrogens with zero attached hydrogens (tertiary/aromatic N) is 2. The molecule has 0 amide bonds. The van der Waals surface area contributed by atoms with Crippen LogP contribution in [0.5, 0.6) is 5.75 Å². The maximum Gasteiger partial charge on any atom is 0.178 e. The van der Waals surface area contributed by atoms with E-state index in [9.17, 15) is 5.11 Å². The number of halogens is 1. The van der Waals surface area contributed by atoms with Crippen LogP contribution in [0.15, 0.2) is 95.6 Å². The highest BCUT2D eigenvalue weighted by atomic mass is 35.5. The molecule has 1 atom stereocenters. The van der Waals surface area contributed by atoms with Crippen molar-refractivity contribution in [2.24, 2.45) is 0 Å². The number of benzene rings is 3. The van der Waals surface area contributed by atoms with Crippen LogP contribution >= 0.6 is 11.6 Å². The minimum Gasteiger partial charge on any atom is -0.508 e. The molecule has 5 heteroatoms. The maximum absolute atomic E-state index is 10.7. The molecule has 0 bridgehead atoms. The second-order valence-corrected chi connectivity index (χ2v) is 7.22. The summed E-state index contributed by atoms with van der Waals surface area (Å²) in [4.78, 5) is 4.83. The van der Waals surface area contributed by atoms with Gasteiger partial charge in [-0.2, -0.15) is 0 Å². The molecule has 5 aromatic rings. The number of para-hydroxylation sites is 2. The number of aromatic hydroxyl groups is 1. The molecule has 29 heavy (non-hydrogen) atoms. The molecule has 0 saturated carbocycles. The van der Waals surface area contributed by atoms with Gasteiger partial charge in [-0.05, 0) is 48.0 Å². The molecule has 0 spiro atoms. The van der Waals surface area contributed by atoms with Gasteiger partial charge in [-0.1, -0.05) is 54.1 Å². The van der Waals surface area contributed by atoms with Gasteiger partial charge in [0.2, 0.25) is 0 Å². The first-order valence-electron chi connectivity index (χ1n) is 9.26. The third-order valence-electron chi connectivity index (χ3n) is 5.00. The van der Waals surface area contributed by atoms with Crippen molar-refractivity contribution in [2.45, 2.75) is 6.04 Å². The monoisotopic (exact) mass is 400 g/mol. The number of fused-ring (bicyclic) bond motifs is 1. The highest BCUT2D eigenvalue weighted by Crippen LogP contribution is 2.39. The maximum atomic E-state index is 10.7. The zero-order valence-corrected chi connectivity index (χ0v) is 16.1. The summed E-state index contributed by atoms with van der Waals surface area (Å²) in [6.07, 6.45) is 1.63. The Balaban J connectivity index is 1.87. The van der Waals surface area contributed by atoms with Crippen molar-refractivity contribution in [2.75, 3.05) is 0 Å². The van der Waals surface area contributed by atoms with Crippen LogP contribution in [0.1, 0.15) is 17.2 Å². The lowest BCUT2D eigenvalue weighted by molar-refractivity contribution is 0.461. The SMILES string of the molecule is Oc1ccc(Cl)cc1C(c1ccccc1)n1c(-c2ccco2)nc2ccccc21. The Morgan fingerprint density at radius 3 is 2.48 bits per heavy atom. The smallest absolute Gasteiger partial charge is 0.178 e. The van der Waals surface area contributed by atoms with Crippen LogP contribution in [0, 0.1) is 0 Å². The quantitative estimate of drug-likeness (QED) is 0.385. The van der Waals surface area contributed by atoms with Crippen LogP contribution in [0.25, 0.3) is 22.6 Å². The van der Waals surface area contributed by atoms with Gasteiger partial charge in [0.15, 0.2) is 11.6 Å². The van der Waals surface area contributed by atoms with Gasteiger partial charge in [-0.25, -0.2) is 4.98 Å². The third-order valence-corrected chi connectivity index (χ3v) is 5.23. The Hall–Kier alpha value is -3.50. The predicted molar refractivity (Wildman–Crippen MR) is 114 cm³/mol. The Morgan fingerprint density at radius 2 is 1.69 bits per heavy atom. The van der Waals surface area contributed by atoms with E-state index in [1.807, 2.05) is 66.7 Å². The number of aromatic nitrogens is 2. The first-order chi connectivity index (χ1) is 14.2. The third kappa shape index (κ3) is 3.08. The van der Waals surface area contributed by atoms with Gasteiger partial charge in [-0.15, -0.1) is 0 Å². The average molecular weight is 401 g/mol. The Morgan fingerprint density at radius 1 is 0.897 bits per heavy atom. The Labute approximate surface area is 172 Å². The van der Waals surface area contributed by atoms with E-state index in [1.165, 1.54) is 0 Å². The molecule has 0 aliphatic heterocycles. The van der Waals surface area contributed by atoms with E-state index >= 15 is 0 Å². The van der Waals surface area contributed by atoms with Gasteiger partial charge in [0.05, 0.1) is 23.3 Å². The molecule has 2 aromatic heterocycles. The minimum atomic E-state index is -0.345. The fourth-order valence-corrected chi connectivity index (χ4v) is 3.91. The molecule has 2 heterocycles. The molecule has 3 aromatic carbocycles. The molecule has 4 nitrogen and oxygen atoms in total. The van der Waals surface area contributed by atoms with Crippen molar-refractivity contribution < 1.29 is 9.52 Å². The van der Waals surface area contributed by atoms with Crippen LogP contribution in [0.2, 0.25) is 5.02 Å². The van der Waals surface area contributed by atoms with Crippen molar-refractivity contribution in [3.05, 3.63) is 107 Å². The zero-order valence-electron chi connectivity index (χ0n) is 15.4. The number of furan rings is 1. The summed E-state index contributed by atoms with van der Waals surface area (Å²) in [6.45, 7) is 0. The van der Waals surface area contributed by atoms with E-state index < -0.39 is 0 Å². The highest BCUT2D eigenvalue weighted by molar-refractivity contribution is 6.30. The van der Waals surface area contributed by atoms with E-state index in [0.717, 1.165) is 16.6 Å². The van der Waals surface area contributed by atoms with Crippen molar-refractivity contribution in [1.29, 1.82) is 0 Å². The lowest BCUT2D eigenvalue weighted by Crippen LogP contribution is -2.14. The molecule has 0 fully saturated rings. The Kier molecular flexibility index (Phi) is 4.34. The van der Waals surface area contributed by atoms with Crippen LogP contribution in [-0.4, -0.2) is 14.7 Å². The first-order valence-corrected chi connectivity index (χ1v) is 9.64. The van der Waals surface area contributed by atoms with E-state index in [4.69, 9.17) is 21.0 Å². The van der Waals surface area contributed by atoms with Crippen LogP contribution in [0.4, 0.5) is 0 Å². The minimum absolute atomic E-state index is 0.173. The number of rotatable bonds is 4. The summed E-state index contributed by atoms with van der Waals surface area (Å²) < 4.78 is 7.79. The molecule has 142 valence electrons. The lowest BCUT2D eigenvalue weighted by Gasteiger charge is -2.23. The lowest BCUT2D eigenvalue weighted by atomic mass is 9.97. The summed E-state index contributed by atoms with van der Waals surface area (Å²) in [5, 5.41) is 11.3. The van der Waals surface area contributed by atoms with Crippen LogP contribution in [-0.2, 0) is 0 Å². The zero-order chi connectivity index (χ0) is 19.8. The van der Waals surface area contributed by atoms with Gasteiger partial charge in [0.25, 0.3) is 0 Å². The second kappa shape index (κ2) is 7.15. The second-order valence-electron chi connectivity index (χ2n) is 6.79. The summed E-state index contributed by atoms with van der Waals surface area (Å²) in [5.74, 6) is 1.51. The molecule has 0 radical (unpaired) electrons. The van der Waals surface area contributed by atoms with Crippen molar-refractivity contribution in [1.82, 2.24) is 9.55 Å². The largest absolute Gasteiger partial charge is 0.508 e. The Bertz CT molecular complexity index is 1280. The average Bonchev–Trinajstić information content (AvgIpc) is 3.40. The predicted octanol–water partition coefficient (Wildman–Crippen LogP) is 6.29. The van der Waals surface area contributed by atoms with Crippen molar-refractivity contribution in [3.8, 4) is 17.3 Å². The number of hydrogen-bond donors (Lipinski definition) is 1. The number of phenolic OH excluding ortho intramolecular Hbond substituents is 1. The van der Waals surface area contributed by atoms with Gasteiger partial charge in [-0.3, -0.25) is 0 Å². The summed E-state index contributed by atoms with van der Waals surface area (Å²) in [6, 6.07) is 26.4. The summed E-state index contributed by atoms with van der Waals surface area (Å²) in [7, 11) is 0. The number of hydrogen-bond acceptors (Lipinski definition) is 3. The molecule has 0 aliphatic rings. The molecule has 1 unspecified atom stereocenters. The molecule has 0 saturated heterocycles. The molecular formula is C24H17ClN2O2. The van der Waals surface area contributed by atoms with E-state index in [1.54, 1.807) is 24.5 Å². The fraction of sp³-hybridized carbons (Fsp3) is 0.0417. The standard InChI is InChI=1S/C24H17ClN2O2/c25-17-12-13-21(28)18(15-17)23(16-7-2-1-3-8-16)27-20-10-5-4-9-19(20)26-24(27)22-11-6-14-29-22/h1-15,23,28H.